The van der Waals surface area contributed by atoms with Crippen molar-refractivity contribution in [2.45, 2.75) is 0 Å². The van der Waals surface area contributed by atoms with Crippen molar-refractivity contribution in [2.24, 2.45) is 0 Å². The molecular weight excluding hydrogens is 147 g/mol. The molecule has 0 saturated carbocycles. The molecule has 0 N–H and O–H groups in total. The van der Waals surface area contributed by atoms with Crippen LogP contribution < -0.4 is 51.4 Å². The third-order valence-corrected chi connectivity index (χ3v) is 0.612. The molecule has 0 aromatic carbocycles. The Morgan fingerprint density at radius 3 is 1.71 bits per heavy atom. The maximum Gasteiger partial charge on any atom is 1.00 e. The molecule has 38 valence electrons. The van der Waals surface area contributed by atoms with Crippen LogP contribution in [0.1, 0.15) is 0 Å². The van der Waals surface area contributed by atoms with Gasteiger partial charge in [-0.15, -0.1) is 0 Å². The van der Waals surface area contributed by atoms with Gasteiger partial charge < -0.3 is 4.55 Å². The monoisotopic (exact) mass is 150 g/mol. The fourth-order valence-electron chi connectivity index (χ4n) is 0. The molecule has 0 aliphatic rings. The Balaban J connectivity index is 0. The van der Waals surface area contributed by atoms with Crippen LogP contribution in [0.25, 0.3) is 0 Å². The van der Waals surface area contributed by atoms with E-state index in [1.165, 1.54) is 0 Å². The van der Waals surface area contributed by atoms with Gasteiger partial charge in [0.15, 0.2) is 0 Å². The maximum atomic E-state index is 9.22. The van der Waals surface area contributed by atoms with E-state index in [4.69, 9.17) is 0 Å². The summed E-state index contributed by atoms with van der Waals surface area (Å²) >= 11 is 0. The Morgan fingerprint density at radius 1 is 1.57 bits per heavy atom. The zero-order valence-electron chi connectivity index (χ0n) is 4.04. The molecule has 0 aliphatic carbocycles. The van der Waals surface area contributed by atoms with Crippen LogP contribution >= 0.6 is 0 Å². The van der Waals surface area contributed by atoms with Gasteiger partial charge in [0.05, 0.1) is 7.11 Å². The van der Waals surface area contributed by atoms with Crippen molar-refractivity contribution in [3.05, 3.63) is 0 Å². The second kappa shape index (κ2) is 4.39. The largest absolute Gasteiger partial charge is 1.00 e. The fourth-order valence-corrected chi connectivity index (χ4v) is 0. The maximum absolute atomic E-state index is 9.22. The summed E-state index contributed by atoms with van der Waals surface area (Å²) < 4.78 is 31.0. The van der Waals surface area contributed by atoms with E-state index in [9.17, 15) is 13.0 Å². The van der Waals surface area contributed by atoms with E-state index >= 15 is 0 Å². The van der Waals surface area contributed by atoms with Gasteiger partial charge in [-0.3, -0.25) is 4.18 Å². The van der Waals surface area contributed by atoms with Gasteiger partial charge in [-0.05, 0) is 0 Å². The SMILES string of the molecule is COS(=O)(=O)[O-].[K+]. The van der Waals surface area contributed by atoms with Crippen molar-refractivity contribution in [1.29, 1.82) is 0 Å². The van der Waals surface area contributed by atoms with Crippen LogP contribution in [0.3, 0.4) is 0 Å². The van der Waals surface area contributed by atoms with E-state index in [2.05, 4.69) is 4.18 Å². The van der Waals surface area contributed by atoms with E-state index < -0.39 is 10.4 Å². The van der Waals surface area contributed by atoms with Gasteiger partial charge in [0, 0.05) is 0 Å². The summed E-state index contributed by atoms with van der Waals surface area (Å²) in [4.78, 5) is 0. The quantitative estimate of drug-likeness (QED) is 0.218. The van der Waals surface area contributed by atoms with E-state index in [-0.39, 0.29) is 51.4 Å². The van der Waals surface area contributed by atoms with Crippen molar-refractivity contribution in [2.75, 3.05) is 7.11 Å². The number of hydrogen-bond acceptors (Lipinski definition) is 4. The van der Waals surface area contributed by atoms with Gasteiger partial charge in [0.1, 0.15) is 0 Å². The molecule has 0 spiro atoms. The van der Waals surface area contributed by atoms with E-state index in [1.807, 2.05) is 0 Å². The Morgan fingerprint density at radius 2 is 1.71 bits per heavy atom. The minimum Gasteiger partial charge on any atom is -0.726 e. The molecule has 0 atom stereocenters. The zero-order chi connectivity index (χ0) is 5.21. The van der Waals surface area contributed by atoms with Crippen molar-refractivity contribution in [3.63, 3.8) is 0 Å². The second-order valence-corrected chi connectivity index (χ2v) is 1.72. The summed E-state index contributed by atoms with van der Waals surface area (Å²) in [6.45, 7) is 0. The first-order valence-electron chi connectivity index (χ1n) is 1.07. The third-order valence-electron chi connectivity index (χ3n) is 0.204. The number of rotatable bonds is 1. The average molecular weight is 150 g/mol. The van der Waals surface area contributed by atoms with Gasteiger partial charge in [-0.1, -0.05) is 0 Å². The Hall–Kier alpha value is 1.51. The summed E-state index contributed by atoms with van der Waals surface area (Å²) in [7, 11) is -3.60. The van der Waals surface area contributed by atoms with Gasteiger partial charge in [0.25, 0.3) is 0 Å². The summed E-state index contributed by atoms with van der Waals surface area (Å²) in [5, 5.41) is 0. The molecule has 0 aromatic rings. The molecule has 0 fully saturated rings. The molecular formula is CH3KO4S. The molecule has 0 aromatic heterocycles. The smallest absolute Gasteiger partial charge is 0.726 e. The van der Waals surface area contributed by atoms with Gasteiger partial charge in [-0.2, -0.15) is 0 Å². The van der Waals surface area contributed by atoms with Crippen molar-refractivity contribution in [3.8, 4) is 0 Å². The van der Waals surface area contributed by atoms with Crippen LogP contribution in [0, 0.1) is 0 Å². The first-order chi connectivity index (χ1) is 2.56. The molecule has 0 heterocycles. The molecule has 6 heteroatoms. The topological polar surface area (TPSA) is 66.4 Å². The Labute approximate surface area is 84.6 Å². The Kier molecular flexibility index (Phi) is 7.10. The van der Waals surface area contributed by atoms with Crippen molar-refractivity contribution in [1.82, 2.24) is 0 Å². The summed E-state index contributed by atoms with van der Waals surface area (Å²) in [6, 6.07) is 0. The third kappa shape index (κ3) is 11.2. The molecule has 7 heavy (non-hydrogen) atoms. The normalized spacial score (nSPS) is 10.0. The van der Waals surface area contributed by atoms with E-state index in [0.717, 1.165) is 7.11 Å². The first-order valence-corrected chi connectivity index (χ1v) is 2.41. The van der Waals surface area contributed by atoms with Crippen LogP contribution in [0.4, 0.5) is 0 Å². The number of hydrogen-bond donors (Lipinski definition) is 0. The molecule has 0 aliphatic heterocycles. The van der Waals surface area contributed by atoms with Gasteiger partial charge in [-0.25, -0.2) is 8.42 Å². The van der Waals surface area contributed by atoms with Crippen LogP contribution in [0.15, 0.2) is 0 Å². The molecule has 0 saturated heterocycles. The molecule has 0 bridgehead atoms. The standard InChI is InChI=1S/CH4O4S.K/c1-5-6(2,3)4;/h1H3,(H,2,3,4);/q;+1/p-1. The van der Waals surface area contributed by atoms with E-state index in [1.54, 1.807) is 0 Å². The van der Waals surface area contributed by atoms with Crippen molar-refractivity contribution >= 4 is 10.4 Å². The summed E-state index contributed by atoms with van der Waals surface area (Å²) in [6.07, 6.45) is 0. The molecule has 0 rings (SSSR count). The minimum atomic E-state index is -4.41. The fraction of sp³-hybridized carbons (Fsp3) is 1.00. The zero-order valence-corrected chi connectivity index (χ0v) is 7.98. The molecule has 0 radical (unpaired) electrons. The van der Waals surface area contributed by atoms with Crippen LogP contribution in [0.2, 0.25) is 0 Å². The van der Waals surface area contributed by atoms with Crippen LogP contribution in [0.5, 0.6) is 0 Å². The average Bonchev–Trinajstić information content (AvgIpc) is 1.35. The first kappa shape index (κ1) is 11.3. The molecule has 0 amide bonds. The Bertz CT molecular complexity index is 114. The predicted molar refractivity (Wildman–Crippen MR) is 16.7 cm³/mol. The predicted octanol–water partition coefficient (Wildman–Crippen LogP) is -3.90. The van der Waals surface area contributed by atoms with Gasteiger partial charge >= 0.3 is 51.4 Å². The second-order valence-electron chi connectivity index (χ2n) is 0.575. The van der Waals surface area contributed by atoms with E-state index in [0.29, 0.717) is 0 Å². The van der Waals surface area contributed by atoms with Crippen LogP contribution in [-0.4, -0.2) is 20.1 Å². The molecule has 0 unspecified atom stereocenters. The molecule has 4 nitrogen and oxygen atoms in total. The van der Waals surface area contributed by atoms with Crippen molar-refractivity contribution < 1.29 is 68.5 Å². The summed E-state index contributed by atoms with van der Waals surface area (Å²) in [5.41, 5.74) is 0. The van der Waals surface area contributed by atoms with Gasteiger partial charge in [0.2, 0.25) is 10.4 Å². The van der Waals surface area contributed by atoms with Crippen LogP contribution in [-0.2, 0) is 14.6 Å². The summed E-state index contributed by atoms with van der Waals surface area (Å²) in [5.74, 6) is 0. The minimum absolute atomic E-state index is 0.